The topological polar surface area (TPSA) is 49.3 Å². The molecule has 3 nitrogen and oxygen atoms in total. The molecule has 0 aliphatic heterocycles. The highest BCUT2D eigenvalue weighted by molar-refractivity contribution is 5.46. The van der Waals surface area contributed by atoms with Gasteiger partial charge in [-0.15, -0.1) is 0 Å². The predicted molar refractivity (Wildman–Crippen MR) is 45.5 cm³/mol. The number of benzene rings is 1. The van der Waals surface area contributed by atoms with Crippen molar-refractivity contribution >= 4 is 6.41 Å². The maximum Gasteiger partial charge on any atom is 0.207 e. The average Bonchev–Trinajstić information content (AvgIpc) is 2.15. The maximum absolute atomic E-state index is 9.92. The number of rotatable bonds is 4. The Hall–Kier alpha value is -1.35. The van der Waals surface area contributed by atoms with Gasteiger partial charge in [0.05, 0.1) is 6.10 Å². The second kappa shape index (κ2) is 4.51. The largest absolute Gasteiger partial charge is 0.387 e. The summed E-state index contributed by atoms with van der Waals surface area (Å²) in [6.07, 6.45) is -0.0389. The van der Waals surface area contributed by atoms with Crippen LogP contribution in [0.1, 0.15) is 11.7 Å². The SMILES string of the molecule is O=CNCC(O)c1ccccc1. The highest BCUT2D eigenvalue weighted by Crippen LogP contribution is 2.09. The van der Waals surface area contributed by atoms with E-state index in [1.807, 2.05) is 30.3 Å². The summed E-state index contributed by atoms with van der Waals surface area (Å²) in [5, 5.41) is 11.8. The third-order valence-corrected chi connectivity index (χ3v) is 1.58. The lowest BCUT2D eigenvalue weighted by Crippen LogP contribution is -2.19. The molecular weight excluding hydrogens is 154 g/mol. The van der Waals surface area contributed by atoms with E-state index in [4.69, 9.17) is 0 Å². The molecule has 1 unspecified atom stereocenters. The molecule has 1 atom stereocenters. The van der Waals surface area contributed by atoms with E-state index < -0.39 is 6.10 Å². The molecule has 0 saturated heterocycles. The third-order valence-electron chi connectivity index (χ3n) is 1.58. The fourth-order valence-corrected chi connectivity index (χ4v) is 0.953. The lowest BCUT2D eigenvalue weighted by molar-refractivity contribution is -0.109. The van der Waals surface area contributed by atoms with Crippen LogP contribution in [0.4, 0.5) is 0 Å². The molecule has 1 aromatic rings. The van der Waals surface area contributed by atoms with E-state index in [9.17, 15) is 9.90 Å². The van der Waals surface area contributed by atoms with Crippen molar-refractivity contribution < 1.29 is 9.90 Å². The molecule has 1 rings (SSSR count). The molecule has 2 N–H and O–H groups in total. The Labute approximate surface area is 71.0 Å². The van der Waals surface area contributed by atoms with Crippen LogP contribution < -0.4 is 5.32 Å². The van der Waals surface area contributed by atoms with Crippen molar-refractivity contribution in [1.29, 1.82) is 0 Å². The Bertz CT molecular complexity index is 236. The number of carbonyl (C=O) groups excluding carboxylic acids is 1. The molecule has 0 saturated carbocycles. The van der Waals surface area contributed by atoms with E-state index in [1.54, 1.807) is 0 Å². The first-order valence-corrected chi connectivity index (χ1v) is 3.74. The molecular formula is C9H11NO2. The van der Waals surface area contributed by atoms with Crippen LogP contribution in [0.25, 0.3) is 0 Å². The van der Waals surface area contributed by atoms with Crippen LogP contribution in [0, 0.1) is 0 Å². The average molecular weight is 165 g/mol. The normalized spacial score (nSPS) is 12.1. The molecule has 1 amide bonds. The second-order valence-corrected chi connectivity index (χ2v) is 2.45. The lowest BCUT2D eigenvalue weighted by Gasteiger charge is -2.08. The van der Waals surface area contributed by atoms with Crippen LogP contribution in [-0.4, -0.2) is 18.1 Å². The zero-order chi connectivity index (χ0) is 8.81. The number of amides is 1. The summed E-state index contributed by atoms with van der Waals surface area (Å²) >= 11 is 0. The molecule has 0 heterocycles. The summed E-state index contributed by atoms with van der Waals surface area (Å²) in [7, 11) is 0. The van der Waals surface area contributed by atoms with Gasteiger partial charge < -0.3 is 10.4 Å². The standard InChI is InChI=1S/C9H11NO2/c11-7-10-6-9(12)8-4-2-1-3-5-8/h1-5,7,9,12H,6H2,(H,10,11). The zero-order valence-corrected chi connectivity index (χ0v) is 6.60. The van der Waals surface area contributed by atoms with Gasteiger partial charge in [-0.05, 0) is 5.56 Å². The summed E-state index contributed by atoms with van der Waals surface area (Å²) < 4.78 is 0. The van der Waals surface area contributed by atoms with Crippen molar-refractivity contribution in [2.24, 2.45) is 0 Å². The molecule has 0 aliphatic carbocycles. The van der Waals surface area contributed by atoms with E-state index in [0.717, 1.165) is 5.56 Å². The van der Waals surface area contributed by atoms with E-state index in [0.29, 0.717) is 6.41 Å². The Kier molecular flexibility index (Phi) is 3.29. The molecule has 1 aromatic carbocycles. The number of aliphatic hydroxyl groups is 1. The lowest BCUT2D eigenvalue weighted by atomic mass is 10.1. The number of hydrogen-bond acceptors (Lipinski definition) is 2. The van der Waals surface area contributed by atoms with E-state index in [-0.39, 0.29) is 6.54 Å². The fraction of sp³-hybridized carbons (Fsp3) is 0.222. The van der Waals surface area contributed by atoms with Crippen LogP contribution in [0.15, 0.2) is 30.3 Å². The molecule has 0 aromatic heterocycles. The smallest absolute Gasteiger partial charge is 0.207 e. The Morgan fingerprint density at radius 1 is 1.42 bits per heavy atom. The molecule has 0 radical (unpaired) electrons. The minimum absolute atomic E-state index is 0.257. The summed E-state index contributed by atoms with van der Waals surface area (Å²) in [6, 6.07) is 9.20. The zero-order valence-electron chi connectivity index (χ0n) is 6.60. The Balaban J connectivity index is 2.53. The van der Waals surface area contributed by atoms with Crippen LogP contribution in [0.3, 0.4) is 0 Å². The van der Waals surface area contributed by atoms with Crippen molar-refractivity contribution in [3.8, 4) is 0 Å². The predicted octanol–water partition coefficient (Wildman–Crippen LogP) is 0.466. The van der Waals surface area contributed by atoms with Crippen molar-refractivity contribution in [1.82, 2.24) is 5.32 Å². The van der Waals surface area contributed by atoms with Gasteiger partial charge in [0.1, 0.15) is 0 Å². The number of nitrogens with one attached hydrogen (secondary N) is 1. The first-order valence-electron chi connectivity index (χ1n) is 3.74. The molecule has 0 fully saturated rings. The summed E-state index contributed by atoms with van der Waals surface area (Å²) in [5.74, 6) is 0. The van der Waals surface area contributed by atoms with Gasteiger partial charge >= 0.3 is 0 Å². The van der Waals surface area contributed by atoms with Crippen molar-refractivity contribution in [3.05, 3.63) is 35.9 Å². The molecule has 64 valence electrons. The summed E-state index contributed by atoms with van der Waals surface area (Å²) in [5.41, 5.74) is 0.812. The van der Waals surface area contributed by atoms with Crippen molar-refractivity contribution in [3.63, 3.8) is 0 Å². The van der Waals surface area contributed by atoms with Crippen LogP contribution in [0.5, 0.6) is 0 Å². The minimum atomic E-state index is -0.614. The van der Waals surface area contributed by atoms with Gasteiger partial charge in [0.25, 0.3) is 0 Å². The van der Waals surface area contributed by atoms with Gasteiger partial charge in [-0.3, -0.25) is 4.79 Å². The molecule has 12 heavy (non-hydrogen) atoms. The number of aliphatic hydroxyl groups excluding tert-OH is 1. The third kappa shape index (κ3) is 2.36. The maximum atomic E-state index is 9.92. The van der Waals surface area contributed by atoms with Crippen LogP contribution in [-0.2, 0) is 4.79 Å². The fourth-order valence-electron chi connectivity index (χ4n) is 0.953. The Morgan fingerprint density at radius 3 is 2.67 bits per heavy atom. The van der Waals surface area contributed by atoms with Crippen molar-refractivity contribution in [2.45, 2.75) is 6.10 Å². The minimum Gasteiger partial charge on any atom is -0.387 e. The van der Waals surface area contributed by atoms with Crippen LogP contribution >= 0.6 is 0 Å². The van der Waals surface area contributed by atoms with Gasteiger partial charge in [-0.1, -0.05) is 30.3 Å². The number of carbonyl (C=O) groups is 1. The molecule has 3 heteroatoms. The van der Waals surface area contributed by atoms with Gasteiger partial charge in [-0.2, -0.15) is 0 Å². The first kappa shape index (κ1) is 8.74. The van der Waals surface area contributed by atoms with E-state index in [1.165, 1.54) is 0 Å². The second-order valence-electron chi connectivity index (χ2n) is 2.45. The Morgan fingerprint density at radius 2 is 2.08 bits per heavy atom. The highest BCUT2D eigenvalue weighted by Gasteiger charge is 2.04. The van der Waals surface area contributed by atoms with Gasteiger partial charge in [0, 0.05) is 6.54 Å². The van der Waals surface area contributed by atoms with Gasteiger partial charge in [-0.25, -0.2) is 0 Å². The summed E-state index contributed by atoms with van der Waals surface area (Å²) in [4.78, 5) is 9.92. The van der Waals surface area contributed by atoms with E-state index in [2.05, 4.69) is 5.32 Å². The summed E-state index contributed by atoms with van der Waals surface area (Å²) in [6.45, 7) is 0.257. The quantitative estimate of drug-likeness (QED) is 0.637. The van der Waals surface area contributed by atoms with Crippen LogP contribution in [0.2, 0.25) is 0 Å². The molecule has 0 spiro atoms. The first-order chi connectivity index (χ1) is 5.84. The highest BCUT2D eigenvalue weighted by atomic mass is 16.3. The molecule has 0 aliphatic rings. The number of hydrogen-bond donors (Lipinski definition) is 2. The molecule has 0 bridgehead atoms. The van der Waals surface area contributed by atoms with Crippen molar-refractivity contribution in [2.75, 3.05) is 6.54 Å². The van der Waals surface area contributed by atoms with E-state index >= 15 is 0 Å². The van der Waals surface area contributed by atoms with Gasteiger partial charge in [0.15, 0.2) is 0 Å². The van der Waals surface area contributed by atoms with Gasteiger partial charge in [0.2, 0.25) is 6.41 Å². The monoisotopic (exact) mass is 165 g/mol.